The lowest BCUT2D eigenvalue weighted by atomic mass is 9.94. The molecule has 0 heterocycles. The Bertz CT molecular complexity index is 1420. The second-order valence-electron chi connectivity index (χ2n) is 8.02. The number of ketones is 1. The molecule has 4 aromatic rings. The van der Waals surface area contributed by atoms with Gasteiger partial charge >= 0.3 is 11.9 Å². The number of carboxylic acids is 2. The third kappa shape index (κ3) is 5.93. The number of allylic oxidation sites excluding steroid dienone is 1. The smallest absolute Gasteiger partial charge is 0.336 e. The fraction of sp³-hybridized carbons (Fsp3) is 0.0333. The van der Waals surface area contributed by atoms with Crippen LogP contribution in [0.2, 0.25) is 0 Å². The Morgan fingerprint density at radius 3 is 1.86 bits per heavy atom. The molecule has 6 nitrogen and oxygen atoms in total. The van der Waals surface area contributed by atoms with Gasteiger partial charge in [0.2, 0.25) is 0 Å². The van der Waals surface area contributed by atoms with Crippen LogP contribution in [0.15, 0.2) is 109 Å². The molecule has 0 aliphatic heterocycles. The van der Waals surface area contributed by atoms with Gasteiger partial charge < -0.3 is 14.9 Å². The van der Waals surface area contributed by atoms with Crippen LogP contribution < -0.4 is 4.74 Å². The Balaban J connectivity index is 1.67. The summed E-state index contributed by atoms with van der Waals surface area (Å²) in [6.07, 6.45) is 1.91. The number of carboxylic acid groups (broad SMARTS) is 2. The molecule has 0 aliphatic carbocycles. The average molecular weight is 479 g/mol. The van der Waals surface area contributed by atoms with Gasteiger partial charge in [0.1, 0.15) is 11.5 Å². The van der Waals surface area contributed by atoms with Crippen molar-refractivity contribution in [1.29, 1.82) is 0 Å². The van der Waals surface area contributed by atoms with Crippen LogP contribution >= 0.6 is 0 Å². The van der Waals surface area contributed by atoms with E-state index in [4.69, 9.17) is 4.74 Å². The highest BCUT2D eigenvalue weighted by molar-refractivity contribution is 6.12. The Morgan fingerprint density at radius 2 is 1.25 bits per heavy atom. The second kappa shape index (κ2) is 11.0. The summed E-state index contributed by atoms with van der Waals surface area (Å²) in [5, 5.41) is 18.8. The van der Waals surface area contributed by atoms with Crippen molar-refractivity contribution in [3.63, 3.8) is 0 Å². The minimum absolute atomic E-state index is 0.232. The molecule has 0 atom stereocenters. The molecule has 36 heavy (non-hydrogen) atoms. The number of ether oxygens (including phenoxy) is 1. The van der Waals surface area contributed by atoms with Crippen molar-refractivity contribution in [2.75, 3.05) is 0 Å². The Kier molecular flexibility index (Phi) is 7.36. The Hall–Kier alpha value is -4.97. The van der Waals surface area contributed by atoms with Gasteiger partial charge in [0, 0.05) is 17.6 Å². The van der Waals surface area contributed by atoms with E-state index in [9.17, 15) is 24.6 Å². The molecular formula is C30H22O6. The lowest BCUT2D eigenvalue weighted by Gasteiger charge is -2.10. The predicted molar refractivity (Wildman–Crippen MR) is 136 cm³/mol. The number of hydrogen-bond acceptors (Lipinski definition) is 4. The van der Waals surface area contributed by atoms with Crippen LogP contribution in [0.25, 0.3) is 6.08 Å². The molecule has 0 aliphatic rings. The largest absolute Gasteiger partial charge is 0.478 e. The number of carbonyl (C=O) groups excluding carboxylic acids is 1. The van der Waals surface area contributed by atoms with Gasteiger partial charge in [0.15, 0.2) is 5.78 Å². The van der Waals surface area contributed by atoms with E-state index < -0.39 is 11.9 Å². The number of benzene rings is 4. The molecule has 0 bridgehead atoms. The molecular weight excluding hydrogens is 456 g/mol. The van der Waals surface area contributed by atoms with Crippen LogP contribution in [0.1, 0.15) is 42.2 Å². The molecule has 2 N–H and O–H groups in total. The van der Waals surface area contributed by atoms with Crippen molar-refractivity contribution >= 4 is 23.8 Å². The molecule has 0 radical (unpaired) electrons. The highest BCUT2D eigenvalue weighted by Gasteiger charge is 2.18. The van der Waals surface area contributed by atoms with Crippen molar-refractivity contribution in [3.05, 3.63) is 137 Å². The number of Topliss-reactive ketones (excluding diaryl/α,β-unsaturated/α-hetero) is 1. The Labute approximate surface area is 207 Å². The van der Waals surface area contributed by atoms with E-state index in [1.54, 1.807) is 30.3 Å². The van der Waals surface area contributed by atoms with Crippen LogP contribution in [-0.2, 0) is 6.42 Å². The SMILES string of the molecule is O=C(/C(=C/c1ccc(C(=O)O)c(C(=O)O)c1)Cc1ccccc1)c1ccc(Oc2ccccc2)cc1. The highest BCUT2D eigenvalue weighted by atomic mass is 16.5. The molecule has 4 aromatic carbocycles. The summed E-state index contributed by atoms with van der Waals surface area (Å²) in [6.45, 7) is 0. The van der Waals surface area contributed by atoms with Crippen molar-refractivity contribution in [2.24, 2.45) is 0 Å². The van der Waals surface area contributed by atoms with Crippen molar-refractivity contribution in [2.45, 2.75) is 6.42 Å². The van der Waals surface area contributed by atoms with Crippen molar-refractivity contribution in [1.82, 2.24) is 0 Å². The molecule has 0 amide bonds. The first-order valence-electron chi connectivity index (χ1n) is 11.1. The molecule has 6 heteroatoms. The first-order chi connectivity index (χ1) is 17.4. The fourth-order valence-electron chi connectivity index (χ4n) is 3.71. The summed E-state index contributed by atoms with van der Waals surface area (Å²) in [5.41, 5.74) is 1.53. The van der Waals surface area contributed by atoms with Crippen molar-refractivity contribution < 1.29 is 29.3 Å². The average Bonchev–Trinajstić information content (AvgIpc) is 2.89. The van der Waals surface area contributed by atoms with E-state index in [0.717, 1.165) is 5.56 Å². The predicted octanol–water partition coefficient (Wildman–Crippen LogP) is 6.38. The minimum atomic E-state index is -1.35. The number of para-hydroxylation sites is 1. The summed E-state index contributed by atoms with van der Waals surface area (Å²) in [5.74, 6) is -1.65. The maximum atomic E-state index is 13.5. The van der Waals surface area contributed by atoms with Crippen LogP contribution in [0.3, 0.4) is 0 Å². The molecule has 178 valence electrons. The van der Waals surface area contributed by atoms with Crippen LogP contribution in [0.4, 0.5) is 0 Å². The molecule has 0 spiro atoms. The van der Waals surface area contributed by atoms with Gasteiger partial charge in [-0.25, -0.2) is 9.59 Å². The van der Waals surface area contributed by atoms with Gasteiger partial charge in [-0.3, -0.25) is 4.79 Å². The third-order valence-electron chi connectivity index (χ3n) is 5.47. The topological polar surface area (TPSA) is 101 Å². The maximum absolute atomic E-state index is 13.5. The number of hydrogen-bond donors (Lipinski definition) is 2. The summed E-state index contributed by atoms with van der Waals surface area (Å²) in [7, 11) is 0. The van der Waals surface area contributed by atoms with Gasteiger partial charge in [-0.05, 0) is 65.7 Å². The quantitative estimate of drug-likeness (QED) is 0.214. The van der Waals surface area contributed by atoms with Crippen LogP contribution in [-0.4, -0.2) is 27.9 Å². The van der Waals surface area contributed by atoms with E-state index in [2.05, 4.69) is 0 Å². The van der Waals surface area contributed by atoms with Crippen LogP contribution in [0, 0.1) is 0 Å². The number of aromatic carboxylic acids is 2. The molecule has 0 saturated heterocycles. The summed E-state index contributed by atoms with van der Waals surface area (Å²) in [6, 6.07) is 29.5. The van der Waals surface area contributed by atoms with E-state index in [0.29, 0.717) is 34.6 Å². The lowest BCUT2D eigenvalue weighted by molar-refractivity contribution is 0.0651. The van der Waals surface area contributed by atoms with Gasteiger partial charge in [-0.15, -0.1) is 0 Å². The number of rotatable bonds is 9. The van der Waals surface area contributed by atoms with Crippen molar-refractivity contribution in [3.8, 4) is 11.5 Å². The van der Waals surface area contributed by atoms with Gasteiger partial charge in [-0.2, -0.15) is 0 Å². The van der Waals surface area contributed by atoms with E-state index in [1.165, 1.54) is 18.2 Å². The highest BCUT2D eigenvalue weighted by Crippen LogP contribution is 2.24. The number of carbonyl (C=O) groups is 3. The zero-order chi connectivity index (χ0) is 25.5. The Morgan fingerprint density at radius 1 is 0.667 bits per heavy atom. The lowest BCUT2D eigenvalue weighted by Crippen LogP contribution is -2.09. The zero-order valence-electron chi connectivity index (χ0n) is 19.1. The fourth-order valence-corrected chi connectivity index (χ4v) is 3.71. The van der Waals surface area contributed by atoms with E-state index >= 15 is 0 Å². The monoisotopic (exact) mass is 478 g/mol. The first kappa shape index (κ1) is 24.2. The standard InChI is InChI=1S/C30H22O6/c31-28(22-12-14-25(15-13-22)36-24-9-5-2-6-10-24)23(17-20-7-3-1-4-8-20)18-21-11-16-26(29(32)33)27(19-21)30(34)35/h1-16,18-19H,17H2,(H,32,33)(H,34,35)/b23-18+. The van der Waals surface area contributed by atoms with E-state index in [1.807, 2.05) is 60.7 Å². The maximum Gasteiger partial charge on any atom is 0.336 e. The summed E-state index contributed by atoms with van der Waals surface area (Å²) in [4.78, 5) is 36.5. The van der Waals surface area contributed by atoms with Gasteiger partial charge in [0.05, 0.1) is 11.1 Å². The second-order valence-corrected chi connectivity index (χ2v) is 8.02. The molecule has 0 unspecified atom stereocenters. The van der Waals surface area contributed by atoms with Gasteiger partial charge in [0.25, 0.3) is 0 Å². The molecule has 0 saturated carbocycles. The van der Waals surface area contributed by atoms with Gasteiger partial charge in [-0.1, -0.05) is 54.6 Å². The van der Waals surface area contributed by atoms with E-state index in [-0.39, 0.29) is 16.9 Å². The first-order valence-corrected chi connectivity index (χ1v) is 11.1. The minimum Gasteiger partial charge on any atom is -0.478 e. The molecule has 0 aromatic heterocycles. The normalized spacial score (nSPS) is 11.1. The summed E-state index contributed by atoms with van der Waals surface area (Å²) >= 11 is 0. The molecule has 0 fully saturated rings. The summed E-state index contributed by atoms with van der Waals surface area (Å²) < 4.78 is 5.80. The van der Waals surface area contributed by atoms with Crippen LogP contribution in [0.5, 0.6) is 11.5 Å². The zero-order valence-corrected chi connectivity index (χ0v) is 19.1. The third-order valence-corrected chi connectivity index (χ3v) is 5.47. The molecule has 4 rings (SSSR count).